The van der Waals surface area contributed by atoms with Gasteiger partial charge in [0, 0.05) is 0 Å². The minimum Gasteiger partial charge on any atom is -0.497 e. The molecule has 3 aromatic rings. The standard InChI is InChI=1S/C25H27NO4/c1-24(2,23(27)28)26-25(18-8-6-5-7-9-18,19-10-14-21(29-3)15-11-19)20-12-16-22(30-4)17-13-20/h5-17,26H,1-4H3,(H,27,28). The largest absolute Gasteiger partial charge is 0.497 e. The molecule has 0 aromatic heterocycles. The summed E-state index contributed by atoms with van der Waals surface area (Å²) in [7, 11) is 3.24. The Morgan fingerprint density at radius 3 is 1.50 bits per heavy atom. The van der Waals surface area contributed by atoms with Crippen molar-refractivity contribution in [2.75, 3.05) is 14.2 Å². The number of carboxylic acid groups (broad SMARTS) is 1. The van der Waals surface area contributed by atoms with E-state index in [1.807, 2.05) is 78.9 Å². The number of ether oxygens (including phenoxy) is 2. The zero-order chi connectivity index (χ0) is 21.8. The molecule has 0 aliphatic carbocycles. The molecule has 0 bridgehead atoms. The lowest BCUT2D eigenvalue weighted by molar-refractivity contribution is -0.144. The number of hydrogen-bond acceptors (Lipinski definition) is 4. The molecule has 3 rings (SSSR count). The predicted molar refractivity (Wildman–Crippen MR) is 117 cm³/mol. The second kappa shape index (κ2) is 8.59. The third-order valence-electron chi connectivity index (χ3n) is 5.29. The predicted octanol–water partition coefficient (Wildman–Crippen LogP) is 4.45. The zero-order valence-electron chi connectivity index (χ0n) is 17.7. The quantitative estimate of drug-likeness (QED) is 0.542. The highest BCUT2D eigenvalue weighted by atomic mass is 16.5. The Morgan fingerprint density at radius 2 is 1.13 bits per heavy atom. The van der Waals surface area contributed by atoms with Crippen LogP contribution in [0, 0.1) is 0 Å². The fourth-order valence-corrected chi connectivity index (χ4v) is 3.61. The summed E-state index contributed by atoms with van der Waals surface area (Å²) in [5.74, 6) is 0.519. The minimum absolute atomic E-state index is 0.730. The number of aliphatic carboxylic acids is 1. The smallest absolute Gasteiger partial charge is 0.323 e. The van der Waals surface area contributed by atoms with Crippen LogP contribution in [-0.4, -0.2) is 30.8 Å². The first-order chi connectivity index (χ1) is 14.3. The lowest BCUT2D eigenvalue weighted by Gasteiger charge is -2.42. The Labute approximate surface area is 177 Å². The van der Waals surface area contributed by atoms with Gasteiger partial charge in [-0.3, -0.25) is 10.1 Å². The second-order valence-corrected chi connectivity index (χ2v) is 7.63. The molecule has 0 spiro atoms. The van der Waals surface area contributed by atoms with Crippen LogP contribution in [0.15, 0.2) is 78.9 Å². The van der Waals surface area contributed by atoms with E-state index in [1.165, 1.54) is 0 Å². The van der Waals surface area contributed by atoms with E-state index in [2.05, 4.69) is 5.32 Å². The molecule has 30 heavy (non-hydrogen) atoms. The van der Waals surface area contributed by atoms with Gasteiger partial charge in [-0.05, 0) is 54.8 Å². The molecule has 0 saturated carbocycles. The van der Waals surface area contributed by atoms with Crippen LogP contribution in [0.1, 0.15) is 30.5 Å². The van der Waals surface area contributed by atoms with Crippen LogP contribution in [0.3, 0.4) is 0 Å². The van der Waals surface area contributed by atoms with Gasteiger partial charge in [0.15, 0.2) is 0 Å². The molecule has 2 N–H and O–H groups in total. The van der Waals surface area contributed by atoms with E-state index in [4.69, 9.17) is 9.47 Å². The van der Waals surface area contributed by atoms with Crippen LogP contribution < -0.4 is 14.8 Å². The van der Waals surface area contributed by atoms with Gasteiger partial charge in [-0.15, -0.1) is 0 Å². The third kappa shape index (κ3) is 4.02. The molecule has 0 heterocycles. The van der Waals surface area contributed by atoms with Crippen molar-refractivity contribution < 1.29 is 19.4 Å². The van der Waals surface area contributed by atoms with Crippen LogP contribution in [0.25, 0.3) is 0 Å². The topological polar surface area (TPSA) is 67.8 Å². The first-order valence-corrected chi connectivity index (χ1v) is 9.71. The molecule has 5 nitrogen and oxygen atoms in total. The number of methoxy groups -OCH3 is 2. The van der Waals surface area contributed by atoms with Gasteiger partial charge in [0.05, 0.1) is 19.8 Å². The van der Waals surface area contributed by atoms with Crippen molar-refractivity contribution in [3.8, 4) is 11.5 Å². The number of hydrogen-bond donors (Lipinski definition) is 2. The summed E-state index contributed by atoms with van der Waals surface area (Å²) in [6, 6.07) is 25.2. The van der Waals surface area contributed by atoms with Crippen molar-refractivity contribution in [2.45, 2.75) is 24.9 Å². The Hall–Kier alpha value is -3.31. The van der Waals surface area contributed by atoms with Gasteiger partial charge >= 0.3 is 5.97 Å². The Morgan fingerprint density at radius 1 is 0.733 bits per heavy atom. The summed E-state index contributed by atoms with van der Waals surface area (Å²) < 4.78 is 10.7. The summed E-state index contributed by atoms with van der Waals surface area (Å²) in [4.78, 5) is 12.1. The Bertz CT molecular complexity index is 932. The first kappa shape index (κ1) is 21.4. The van der Waals surface area contributed by atoms with Crippen molar-refractivity contribution in [1.82, 2.24) is 5.32 Å². The van der Waals surface area contributed by atoms with Crippen LogP contribution in [0.5, 0.6) is 11.5 Å². The maximum atomic E-state index is 12.1. The SMILES string of the molecule is COc1ccc(C(NC(C)(C)C(=O)O)(c2ccccc2)c2ccc(OC)cc2)cc1. The average molecular weight is 405 g/mol. The molecule has 0 fully saturated rings. The summed E-state index contributed by atoms with van der Waals surface area (Å²) in [6.07, 6.45) is 0. The molecule has 5 heteroatoms. The van der Waals surface area contributed by atoms with Gasteiger partial charge in [-0.25, -0.2) is 0 Å². The summed E-state index contributed by atoms with van der Waals surface area (Å²) in [6.45, 7) is 3.33. The number of carbonyl (C=O) groups is 1. The first-order valence-electron chi connectivity index (χ1n) is 9.71. The normalized spacial score (nSPS) is 11.7. The molecular weight excluding hydrogens is 378 g/mol. The maximum absolute atomic E-state index is 12.1. The van der Waals surface area contributed by atoms with Crippen LogP contribution in [0.4, 0.5) is 0 Å². The molecule has 3 aromatic carbocycles. The molecule has 0 radical (unpaired) electrons. The number of rotatable bonds is 8. The molecule has 0 aliphatic heterocycles. The molecule has 0 amide bonds. The van der Waals surface area contributed by atoms with Gasteiger partial charge in [0.2, 0.25) is 0 Å². The lowest BCUT2D eigenvalue weighted by Crippen LogP contribution is -2.58. The van der Waals surface area contributed by atoms with Gasteiger partial charge in [0.25, 0.3) is 0 Å². The van der Waals surface area contributed by atoms with Gasteiger partial charge in [-0.2, -0.15) is 0 Å². The van der Waals surface area contributed by atoms with E-state index in [-0.39, 0.29) is 0 Å². The molecular formula is C25H27NO4. The van der Waals surface area contributed by atoms with Crippen molar-refractivity contribution in [3.63, 3.8) is 0 Å². The van der Waals surface area contributed by atoms with E-state index < -0.39 is 17.0 Å². The van der Waals surface area contributed by atoms with E-state index in [9.17, 15) is 9.90 Å². The number of benzene rings is 3. The summed E-state index contributed by atoms with van der Waals surface area (Å²) in [5.41, 5.74) is 0.592. The van der Waals surface area contributed by atoms with Gasteiger partial charge < -0.3 is 14.6 Å². The van der Waals surface area contributed by atoms with Crippen LogP contribution in [-0.2, 0) is 10.3 Å². The molecule has 0 aliphatic rings. The van der Waals surface area contributed by atoms with Crippen LogP contribution in [0.2, 0.25) is 0 Å². The van der Waals surface area contributed by atoms with Gasteiger partial charge in [-0.1, -0.05) is 54.6 Å². The average Bonchev–Trinajstić information content (AvgIpc) is 2.78. The fourth-order valence-electron chi connectivity index (χ4n) is 3.61. The van der Waals surface area contributed by atoms with Crippen molar-refractivity contribution in [3.05, 3.63) is 95.6 Å². The Balaban J connectivity index is 2.33. The van der Waals surface area contributed by atoms with Gasteiger partial charge in [0.1, 0.15) is 17.0 Å². The van der Waals surface area contributed by atoms with E-state index in [1.54, 1.807) is 28.1 Å². The number of nitrogens with one attached hydrogen (secondary N) is 1. The number of carboxylic acids is 1. The highest BCUT2D eigenvalue weighted by molar-refractivity contribution is 5.78. The summed E-state index contributed by atoms with van der Waals surface area (Å²) in [5, 5.41) is 13.4. The highest BCUT2D eigenvalue weighted by Crippen LogP contribution is 2.39. The molecule has 0 unspecified atom stereocenters. The zero-order valence-corrected chi connectivity index (χ0v) is 17.7. The van der Waals surface area contributed by atoms with Crippen molar-refractivity contribution in [2.24, 2.45) is 0 Å². The molecule has 0 saturated heterocycles. The second-order valence-electron chi connectivity index (χ2n) is 7.63. The summed E-state index contributed by atoms with van der Waals surface area (Å²) >= 11 is 0. The third-order valence-corrected chi connectivity index (χ3v) is 5.29. The van der Waals surface area contributed by atoms with E-state index in [0.717, 1.165) is 28.2 Å². The maximum Gasteiger partial charge on any atom is 0.323 e. The monoisotopic (exact) mass is 405 g/mol. The fraction of sp³-hybridized carbons (Fsp3) is 0.240. The molecule has 156 valence electrons. The lowest BCUT2D eigenvalue weighted by atomic mass is 9.75. The van der Waals surface area contributed by atoms with Crippen molar-refractivity contribution in [1.29, 1.82) is 0 Å². The van der Waals surface area contributed by atoms with Crippen LogP contribution >= 0.6 is 0 Å². The minimum atomic E-state index is -1.21. The van der Waals surface area contributed by atoms with E-state index in [0.29, 0.717) is 0 Å². The molecule has 0 atom stereocenters. The van der Waals surface area contributed by atoms with Crippen molar-refractivity contribution >= 4 is 5.97 Å². The highest BCUT2D eigenvalue weighted by Gasteiger charge is 2.43. The Kier molecular flexibility index (Phi) is 6.13. The van der Waals surface area contributed by atoms with E-state index >= 15 is 0 Å².